The molecular formula is C15H19NO. The van der Waals surface area contributed by atoms with Crippen molar-refractivity contribution in [1.82, 2.24) is 0 Å². The number of piperidine rings is 1. The molecule has 0 saturated carbocycles. The van der Waals surface area contributed by atoms with Gasteiger partial charge in [-0.3, -0.25) is 4.79 Å². The number of carbonyl (C=O) groups is 1. The fourth-order valence-electron chi connectivity index (χ4n) is 3.31. The van der Waals surface area contributed by atoms with Crippen molar-refractivity contribution >= 4 is 11.5 Å². The molecule has 90 valence electrons. The van der Waals surface area contributed by atoms with Crippen molar-refractivity contribution in [3.05, 3.63) is 29.3 Å². The maximum absolute atomic E-state index is 11.8. The molecule has 0 spiro atoms. The second-order valence-electron chi connectivity index (χ2n) is 5.44. The number of nitrogens with zero attached hydrogens (tertiary/aromatic N) is 1. The number of hydrogen-bond acceptors (Lipinski definition) is 2. The summed E-state index contributed by atoms with van der Waals surface area (Å²) in [5.74, 6) is 0.653. The Morgan fingerprint density at radius 1 is 1.29 bits per heavy atom. The van der Waals surface area contributed by atoms with Crippen LogP contribution in [0.1, 0.15) is 30.9 Å². The maximum Gasteiger partial charge on any atom is 0.139 e. The largest absolute Gasteiger partial charge is 0.367 e. The summed E-state index contributed by atoms with van der Waals surface area (Å²) in [4.78, 5) is 14.3. The van der Waals surface area contributed by atoms with E-state index in [-0.39, 0.29) is 5.92 Å². The Bertz CT molecular complexity index is 466. The van der Waals surface area contributed by atoms with E-state index in [1.54, 1.807) is 0 Å². The number of rotatable bonds is 0. The van der Waals surface area contributed by atoms with Gasteiger partial charge in [0.15, 0.2) is 0 Å². The molecule has 2 heteroatoms. The first-order valence-corrected chi connectivity index (χ1v) is 6.55. The predicted octanol–water partition coefficient (Wildman–Crippen LogP) is 2.73. The SMILES string of the molecule is Cc1ccc2c(c1)CC[C@@H]1[C@@H](C)C(=O)CCN21. The third-order valence-electron chi connectivity index (χ3n) is 4.34. The Kier molecular flexibility index (Phi) is 2.46. The van der Waals surface area contributed by atoms with E-state index in [4.69, 9.17) is 0 Å². The summed E-state index contributed by atoms with van der Waals surface area (Å²) < 4.78 is 0. The second-order valence-corrected chi connectivity index (χ2v) is 5.44. The van der Waals surface area contributed by atoms with Crippen LogP contribution in [0.15, 0.2) is 18.2 Å². The van der Waals surface area contributed by atoms with E-state index in [0.29, 0.717) is 18.2 Å². The molecule has 2 nitrogen and oxygen atoms in total. The summed E-state index contributed by atoms with van der Waals surface area (Å²) >= 11 is 0. The van der Waals surface area contributed by atoms with Gasteiger partial charge in [0, 0.05) is 30.6 Å². The van der Waals surface area contributed by atoms with Gasteiger partial charge in [0.1, 0.15) is 5.78 Å². The van der Waals surface area contributed by atoms with Crippen LogP contribution in [0.4, 0.5) is 5.69 Å². The Labute approximate surface area is 103 Å². The molecule has 2 aliphatic heterocycles. The Balaban J connectivity index is 1.99. The molecule has 0 aromatic heterocycles. The van der Waals surface area contributed by atoms with E-state index in [2.05, 4.69) is 36.9 Å². The molecule has 17 heavy (non-hydrogen) atoms. The van der Waals surface area contributed by atoms with Crippen molar-refractivity contribution in [3.8, 4) is 0 Å². The molecule has 0 aliphatic carbocycles. The topological polar surface area (TPSA) is 20.3 Å². The average molecular weight is 229 g/mol. The summed E-state index contributed by atoms with van der Waals surface area (Å²) in [5.41, 5.74) is 4.16. The lowest BCUT2D eigenvalue weighted by atomic mass is 9.82. The highest BCUT2D eigenvalue weighted by molar-refractivity contribution is 5.84. The summed E-state index contributed by atoms with van der Waals surface area (Å²) in [5, 5.41) is 0. The second kappa shape index (κ2) is 3.86. The molecule has 0 radical (unpaired) electrons. The van der Waals surface area contributed by atoms with Gasteiger partial charge >= 0.3 is 0 Å². The first-order chi connectivity index (χ1) is 8.16. The molecule has 1 saturated heterocycles. The van der Waals surface area contributed by atoms with Crippen molar-refractivity contribution in [1.29, 1.82) is 0 Å². The van der Waals surface area contributed by atoms with Crippen LogP contribution < -0.4 is 4.90 Å². The minimum absolute atomic E-state index is 0.207. The molecule has 0 amide bonds. The van der Waals surface area contributed by atoms with Gasteiger partial charge in [0.2, 0.25) is 0 Å². The molecule has 1 fully saturated rings. The van der Waals surface area contributed by atoms with Crippen LogP contribution in [-0.2, 0) is 11.2 Å². The van der Waals surface area contributed by atoms with Gasteiger partial charge in [-0.15, -0.1) is 0 Å². The van der Waals surface area contributed by atoms with E-state index in [9.17, 15) is 4.79 Å². The van der Waals surface area contributed by atoms with Gasteiger partial charge in [-0.25, -0.2) is 0 Å². The number of hydrogen-bond donors (Lipinski definition) is 0. The van der Waals surface area contributed by atoms with E-state index in [0.717, 1.165) is 19.4 Å². The Morgan fingerprint density at radius 2 is 2.12 bits per heavy atom. The molecule has 2 heterocycles. The summed E-state index contributed by atoms with van der Waals surface area (Å²) in [6.45, 7) is 5.15. The molecular weight excluding hydrogens is 210 g/mol. The highest BCUT2D eigenvalue weighted by Crippen LogP contribution is 2.36. The third kappa shape index (κ3) is 1.67. The summed E-state index contributed by atoms with van der Waals surface area (Å²) in [6, 6.07) is 7.15. The van der Waals surface area contributed by atoms with Gasteiger partial charge in [0.25, 0.3) is 0 Å². The normalized spacial score (nSPS) is 27.6. The molecule has 0 N–H and O–H groups in total. The van der Waals surface area contributed by atoms with Crippen molar-refractivity contribution in [3.63, 3.8) is 0 Å². The predicted molar refractivity (Wildman–Crippen MR) is 69.4 cm³/mol. The standard InChI is InChI=1S/C15H19NO/c1-10-3-5-14-12(9-10)4-6-13-11(2)15(17)7-8-16(13)14/h3,5,9,11,13H,4,6-8H2,1-2H3/t11-,13-/m1/s1. The van der Waals surface area contributed by atoms with Crippen molar-refractivity contribution in [2.75, 3.05) is 11.4 Å². The van der Waals surface area contributed by atoms with Crippen LogP contribution in [-0.4, -0.2) is 18.4 Å². The molecule has 2 aliphatic rings. The van der Waals surface area contributed by atoms with Gasteiger partial charge in [0.05, 0.1) is 0 Å². The summed E-state index contributed by atoms with van der Waals surface area (Å²) in [7, 11) is 0. The summed E-state index contributed by atoms with van der Waals surface area (Å²) in [6.07, 6.45) is 2.96. The van der Waals surface area contributed by atoms with Gasteiger partial charge in [-0.1, -0.05) is 24.6 Å². The zero-order chi connectivity index (χ0) is 12.0. The number of ketones is 1. The molecule has 2 atom stereocenters. The van der Waals surface area contributed by atoms with Gasteiger partial charge < -0.3 is 4.90 Å². The lowest BCUT2D eigenvalue weighted by molar-refractivity contribution is -0.124. The zero-order valence-electron chi connectivity index (χ0n) is 10.6. The molecule has 0 bridgehead atoms. The van der Waals surface area contributed by atoms with E-state index in [1.807, 2.05) is 0 Å². The minimum Gasteiger partial charge on any atom is -0.367 e. The van der Waals surface area contributed by atoms with Crippen LogP contribution in [0.3, 0.4) is 0 Å². The monoisotopic (exact) mass is 229 g/mol. The first-order valence-electron chi connectivity index (χ1n) is 6.55. The average Bonchev–Trinajstić information content (AvgIpc) is 2.33. The van der Waals surface area contributed by atoms with E-state index < -0.39 is 0 Å². The van der Waals surface area contributed by atoms with Crippen molar-refractivity contribution < 1.29 is 4.79 Å². The lowest BCUT2D eigenvalue weighted by Crippen LogP contribution is -2.50. The third-order valence-corrected chi connectivity index (χ3v) is 4.34. The minimum atomic E-state index is 0.207. The van der Waals surface area contributed by atoms with Gasteiger partial charge in [-0.05, 0) is 31.4 Å². The number of benzene rings is 1. The number of carbonyl (C=O) groups excluding carboxylic acids is 1. The van der Waals surface area contributed by atoms with Crippen LogP contribution in [0.25, 0.3) is 0 Å². The van der Waals surface area contributed by atoms with E-state index in [1.165, 1.54) is 16.8 Å². The number of Topliss-reactive ketones (excluding diaryl/α,β-unsaturated/α-hetero) is 1. The Hall–Kier alpha value is -1.31. The number of aryl methyl sites for hydroxylation is 2. The lowest BCUT2D eigenvalue weighted by Gasteiger charge is -2.44. The van der Waals surface area contributed by atoms with Crippen LogP contribution in [0.2, 0.25) is 0 Å². The maximum atomic E-state index is 11.8. The molecule has 0 unspecified atom stereocenters. The first kappa shape index (κ1) is 10.8. The van der Waals surface area contributed by atoms with Gasteiger partial charge in [-0.2, -0.15) is 0 Å². The van der Waals surface area contributed by atoms with Crippen LogP contribution in [0, 0.1) is 12.8 Å². The number of anilines is 1. The quantitative estimate of drug-likeness (QED) is 0.681. The smallest absolute Gasteiger partial charge is 0.139 e. The fraction of sp³-hybridized carbons (Fsp3) is 0.533. The fourth-order valence-corrected chi connectivity index (χ4v) is 3.31. The van der Waals surface area contributed by atoms with Crippen LogP contribution >= 0.6 is 0 Å². The van der Waals surface area contributed by atoms with Crippen molar-refractivity contribution in [2.24, 2.45) is 5.92 Å². The number of fused-ring (bicyclic) bond motifs is 3. The van der Waals surface area contributed by atoms with Crippen molar-refractivity contribution in [2.45, 2.75) is 39.2 Å². The molecule has 3 rings (SSSR count). The highest BCUT2D eigenvalue weighted by atomic mass is 16.1. The van der Waals surface area contributed by atoms with E-state index >= 15 is 0 Å². The highest BCUT2D eigenvalue weighted by Gasteiger charge is 2.36. The molecule has 1 aromatic carbocycles. The van der Waals surface area contributed by atoms with Crippen LogP contribution in [0.5, 0.6) is 0 Å². The molecule has 1 aromatic rings. The Morgan fingerprint density at radius 3 is 2.94 bits per heavy atom. The zero-order valence-corrected chi connectivity index (χ0v) is 10.6.